The molecular formula is C15H29N3O3. The van der Waals surface area contributed by atoms with E-state index in [0.29, 0.717) is 19.4 Å². The summed E-state index contributed by atoms with van der Waals surface area (Å²) in [6, 6.07) is -0.0457. The Bertz CT molecular complexity index is 350. The van der Waals surface area contributed by atoms with E-state index in [-0.39, 0.29) is 18.6 Å². The third kappa shape index (κ3) is 5.53. The fourth-order valence-electron chi connectivity index (χ4n) is 2.61. The van der Waals surface area contributed by atoms with Crippen molar-refractivity contribution in [2.24, 2.45) is 5.41 Å². The molecule has 1 atom stereocenters. The van der Waals surface area contributed by atoms with Gasteiger partial charge in [0, 0.05) is 19.1 Å². The first-order chi connectivity index (χ1) is 9.87. The minimum Gasteiger partial charge on any atom is -0.481 e. The van der Waals surface area contributed by atoms with Gasteiger partial charge in [-0.2, -0.15) is 0 Å². The lowest BCUT2D eigenvalue weighted by molar-refractivity contribution is -0.149. The Balaban J connectivity index is 2.46. The summed E-state index contributed by atoms with van der Waals surface area (Å²) in [4.78, 5) is 25.5. The molecule has 0 aromatic carbocycles. The van der Waals surface area contributed by atoms with E-state index in [1.165, 1.54) is 0 Å². The van der Waals surface area contributed by atoms with Gasteiger partial charge in [-0.05, 0) is 33.9 Å². The van der Waals surface area contributed by atoms with Crippen LogP contribution in [0.15, 0.2) is 0 Å². The van der Waals surface area contributed by atoms with Gasteiger partial charge in [-0.25, -0.2) is 4.79 Å². The molecule has 1 fully saturated rings. The fraction of sp³-hybridized carbons (Fsp3) is 0.867. The van der Waals surface area contributed by atoms with Crippen molar-refractivity contribution in [2.45, 2.75) is 51.5 Å². The van der Waals surface area contributed by atoms with Gasteiger partial charge in [-0.3, -0.25) is 4.79 Å². The van der Waals surface area contributed by atoms with Crippen molar-refractivity contribution in [1.82, 2.24) is 15.5 Å². The summed E-state index contributed by atoms with van der Waals surface area (Å²) in [5, 5.41) is 15.1. The lowest BCUT2D eigenvalue weighted by atomic mass is 9.80. The highest BCUT2D eigenvalue weighted by molar-refractivity contribution is 5.78. The lowest BCUT2D eigenvalue weighted by Crippen LogP contribution is -2.48. The number of nitrogens with one attached hydrogen (secondary N) is 2. The van der Waals surface area contributed by atoms with Gasteiger partial charge in [0.05, 0.1) is 5.41 Å². The smallest absolute Gasteiger partial charge is 0.314 e. The van der Waals surface area contributed by atoms with Crippen LogP contribution in [0.4, 0.5) is 4.79 Å². The average molecular weight is 299 g/mol. The number of urea groups is 1. The van der Waals surface area contributed by atoms with E-state index in [4.69, 9.17) is 0 Å². The van der Waals surface area contributed by atoms with Crippen LogP contribution in [0.1, 0.15) is 45.4 Å². The highest BCUT2D eigenvalue weighted by atomic mass is 16.4. The summed E-state index contributed by atoms with van der Waals surface area (Å²) in [6.07, 6.45) is 5.32. The first-order valence-electron chi connectivity index (χ1n) is 7.79. The number of rotatable bonds is 6. The molecule has 0 aliphatic heterocycles. The highest BCUT2D eigenvalue weighted by Gasteiger charge is 2.38. The Hall–Kier alpha value is -1.30. The number of carboxylic acids is 1. The molecule has 1 saturated carbocycles. The van der Waals surface area contributed by atoms with E-state index in [0.717, 1.165) is 25.7 Å². The lowest BCUT2D eigenvalue weighted by Gasteiger charge is -2.28. The molecule has 1 unspecified atom stereocenters. The number of nitrogens with zero attached hydrogens (tertiary/aromatic N) is 1. The zero-order chi connectivity index (χ0) is 15.9. The van der Waals surface area contributed by atoms with Gasteiger partial charge < -0.3 is 20.6 Å². The van der Waals surface area contributed by atoms with Crippen LogP contribution in [0.3, 0.4) is 0 Å². The summed E-state index contributed by atoms with van der Waals surface area (Å²) in [5.74, 6) is -0.786. The summed E-state index contributed by atoms with van der Waals surface area (Å²) < 4.78 is 0. The summed E-state index contributed by atoms with van der Waals surface area (Å²) >= 11 is 0. The Morgan fingerprint density at radius 1 is 1.14 bits per heavy atom. The molecule has 122 valence electrons. The van der Waals surface area contributed by atoms with Crippen LogP contribution in [0, 0.1) is 5.41 Å². The molecule has 1 aliphatic rings. The molecule has 0 spiro atoms. The maximum absolute atomic E-state index is 11.8. The van der Waals surface area contributed by atoms with E-state index in [1.54, 1.807) is 0 Å². The first-order valence-corrected chi connectivity index (χ1v) is 7.79. The van der Waals surface area contributed by atoms with Crippen molar-refractivity contribution in [3.8, 4) is 0 Å². The second-order valence-electron chi connectivity index (χ2n) is 6.38. The Kier molecular flexibility index (Phi) is 6.95. The summed E-state index contributed by atoms with van der Waals surface area (Å²) in [6.45, 7) is 2.77. The van der Waals surface area contributed by atoms with Crippen molar-refractivity contribution < 1.29 is 14.7 Å². The van der Waals surface area contributed by atoms with Crippen LogP contribution in [0.2, 0.25) is 0 Å². The van der Waals surface area contributed by atoms with Gasteiger partial charge in [0.1, 0.15) is 0 Å². The van der Waals surface area contributed by atoms with Crippen LogP contribution in [0.5, 0.6) is 0 Å². The number of aliphatic carboxylic acids is 1. The van der Waals surface area contributed by atoms with Gasteiger partial charge in [0.25, 0.3) is 0 Å². The predicted molar refractivity (Wildman–Crippen MR) is 82.3 cm³/mol. The first kappa shape index (κ1) is 17.8. The number of carbonyl (C=O) groups excluding carboxylic acids is 1. The zero-order valence-electron chi connectivity index (χ0n) is 13.4. The molecule has 21 heavy (non-hydrogen) atoms. The van der Waals surface area contributed by atoms with E-state index in [1.807, 2.05) is 25.9 Å². The van der Waals surface area contributed by atoms with Crippen LogP contribution in [-0.2, 0) is 4.79 Å². The van der Waals surface area contributed by atoms with E-state index < -0.39 is 11.4 Å². The Labute approximate surface area is 127 Å². The minimum absolute atomic E-state index is 0.213. The van der Waals surface area contributed by atoms with Gasteiger partial charge >= 0.3 is 12.0 Å². The van der Waals surface area contributed by atoms with Crippen LogP contribution in [-0.4, -0.2) is 55.2 Å². The number of likely N-dealkylation sites (N-methyl/N-ethyl adjacent to an activating group) is 1. The normalized spacial score (nSPS) is 19.6. The van der Waals surface area contributed by atoms with Crippen LogP contribution < -0.4 is 10.6 Å². The molecule has 1 rings (SSSR count). The third-order valence-corrected chi connectivity index (χ3v) is 4.54. The molecule has 0 aromatic heterocycles. The van der Waals surface area contributed by atoms with Crippen molar-refractivity contribution in [3.63, 3.8) is 0 Å². The highest BCUT2D eigenvalue weighted by Crippen LogP contribution is 2.34. The Morgan fingerprint density at radius 2 is 1.71 bits per heavy atom. The van der Waals surface area contributed by atoms with Gasteiger partial charge in [-0.1, -0.05) is 25.7 Å². The maximum Gasteiger partial charge on any atom is 0.314 e. The molecular weight excluding hydrogens is 270 g/mol. The van der Waals surface area contributed by atoms with Gasteiger partial charge in [0.15, 0.2) is 0 Å². The SMILES string of the molecule is CC(CNC(=O)NCC1(C(=O)O)CCCCCC1)N(C)C. The van der Waals surface area contributed by atoms with Crippen molar-refractivity contribution in [3.05, 3.63) is 0 Å². The number of hydrogen-bond acceptors (Lipinski definition) is 3. The van der Waals surface area contributed by atoms with E-state index in [2.05, 4.69) is 10.6 Å². The molecule has 0 bridgehead atoms. The van der Waals surface area contributed by atoms with Crippen molar-refractivity contribution in [1.29, 1.82) is 0 Å². The third-order valence-electron chi connectivity index (χ3n) is 4.54. The van der Waals surface area contributed by atoms with Crippen molar-refractivity contribution in [2.75, 3.05) is 27.2 Å². The zero-order valence-corrected chi connectivity index (χ0v) is 13.4. The monoisotopic (exact) mass is 299 g/mol. The quantitative estimate of drug-likeness (QED) is 0.652. The number of carboxylic acid groups (broad SMARTS) is 1. The Morgan fingerprint density at radius 3 is 2.19 bits per heavy atom. The van der Waals surface area contributed by atoms with Crippen molar-refractivity contribution >= 4 is 12.0 Å². The van der Waals surface area contributed by atoms with E-state index in [9.17, 15) is 14.7 Å². The van der Waals surface area contributed by atoms with Gasteiger partial charge in [0.2, 0.25) is 0 Å². The summed E-state index contributed by atoms with van der Waals surface area (Å²) in [7, 11) is 3.91. The largest absolute Gasteiger partial charge is 0.481 e. The molecule has 0 saturated heterocycles. The fourth-order valence-corrected chi connectivity index (χ4v) is 2.61. The van der Waals surface area contributed by atoms with Gasteiger partial charge in [-0.15, -0.1) is 0 Å². The molecule has 0 aromatic rings. The number of amides is 2. The molecule has 3 N–H and O–H groups in total. The molecule has 0 radical (unpaired) electrons. The summed E-state index contributed by atoms with van der Waals surface area (Å²) in [5.41, 5.74) is -0.791. The minimum atomic E-state index is -0.791. The second kappa shape index (κ2) is 8.22. The molecule has 6 heteroatoms. The average Bonchev–Trinajstić information content (AvgIpc) is 2.68. The topological polar surface area (TPSA) is 81.7 Å². The molecule has 2 amide bonds. The standard InChI is InChI=1S/C15H29N3O3/c1-12(18(2)3)10-16-14(21)17-11-15(13(19)20)8-6-4-5-7-9-15/h12H,4-11H2,1-3H3,(H,19,20)(H2,16,17,21). The maximum atomic E-state index is 11.8. The number of carbonyl (C=O) groups is 2. The molecule has 1 aliphatic carbocycles. The van der Waals surface area contributed by atoms with Crippen LogP contribution in [0.25, 0.3) is 0 Å². The van der Waals surface area contributed by atoms with Crippen LogP contribution >= 0.6 is 0 Å². The molecule has 6 nitrogen and oxygen atoms in total. The number of hydrogen-bond donors (Lipinski definition) is 3. The van der Waals surface area contributed by atoms with E-state index >= 15 is 0 Å². The molecule has 0 heterocycles. The second-order valence-corrected chi connectivity index (χ2v) is 6.38. The predicted octanol–water partition coefficient (Wildman–Crippen LogP) is 1.66.